The highest BCUT2D eigenvalue weighted by atomic mass is 79.9. The van der Waals surface area contributed by atoms with Gasteiger partial charge in [0, 0.05) is 10.0 Å². The quantitative estimate of drug-likeness (QED) is 0.133. The van der Waals surface area contributed by atoms with Crippen molar-refractivity contribution in [2.24, 2.45) is 0 Å². The van der Waals surface area contributed by atoms with Gasteiger partial charge < -0.3 is 18.9 Å². The fourth-order valence-corrected chi connectivity index (χ4v) is 4.72. The number of carbonyl (C=O) groups is 3. The lowest BCUT2D eigenvalue weighted by atomic mass is 10.0. The number of imide groups is 2. The zero-order valence-electron chi connectivity index (χ0n) is 24.3. The van der Waals surface area contributed by atoms with Crippen LogP contribution in [0.25, 0.3) is 6.08 Å². The Bertz CT molecular complexity index is 1550. The molecule has 3 aromatic carbocycles. The van der Waals surface area contributed by atoms with Gasteiger partial charge in [-0.1, -0.05) is 47.1 Å². The fraction of sp³-hybridized carbons (Fsp3) is 0.242. The average Bonchev–Trinajstić information content (AvgIpc) is 3.00. The van der Waals surface area contributed by atoms with Crippen LogP contribution in [0.4, 0.5) is 4.79 Å². The van der Waals surface area contributed by atoms with Crippen LogP contribution in [0.1, 0.15) is 35.6 Å². The lowest BCUT2D eigenvalue weighted by molar-refractivity contribution is -0.130. The van der Waals surface area contributed by atoms with Crippen LogP contribution in [0.15, 0.2) is 77.3 Å². The number of amides is 4. The summed E-state index contributed by atoms with van der Waals surface area (Å²) in [6.07, 6.45) is 4.45. The molecule has 10 heteroatoms. The second-order valence-electron chi connectivity index (χ2n) is 9.66. The number of hydrogen-bond donors (Lipinski definition) is 1. The summed E-state index contributed by atoms with van der Waals surface area (Å²) in [5.41, 5.74) is 2.68. The maximum atomic E-state index is 13.5. The molecular formula is C33H33BrN2O7. The Morgan fingerprint density at radius 1 is 0.907 bits per heavy atom. The molecule has 1 heterocycles. The van der Waals surface area contributed by atoms with E-state index in [1.54, 1.807) is 36.4 Å². The molecule has 0 spiro atoms. The predicted molar refractivity (Wildman–Crippen MR) is 166 cm³/mol. The first kappa shape index (κ1) is 31.4. The van der Waals surface area contributed by atoms with Gasteiger partial charge in [-0.15, -0.1) is 6.58 Å². The number of allylic oxidation sites excluding steroid dienone is 1. The van der Waals surface area contributed by atoms with E-state index < -0.39 is 17.8 Å². The van der Waals surface area contributed by atoms with Crippen LogP contribution in [0, 0.1) is 0 Å². The summed E-state index contributed by atoms with van der Waals surface area (Å²) in [6, 6.07) is 15.6. The summed E-state index contributed by atoms with van der Waals surface area (Å²) in [7, 11) is 3.03. The SMILES string of the molecule is C=CCc1cc(/C=C2\C(=O)NC(=O)N(Cc3ccc(OCCC)c(OC)c3)C2=O)cc(OC)c1OCc1ccc(Br)cc1. The van der Waals surface area contributed by atoms with Gasteiger partial charge in [-0.05, 0) is 72.0 Å². The summed E-state index contributed by atoms with van der Waals surface area (Å²) in [6.45, 7) is 6.60. The van der Waals surface area contributed by atoms with Gasteiger partial charge in [0.05, 0.1) is 27.4 Å². The van der Waals surface area contributed by atoms with Crippen LogP contribution < -0.4 is 24.3 Å². The van der Waals surface area contributed by atoms with E-state index in [0.29, 0.717) is 53.8 Å². The van der Waals surface area contributed by atoms with Crippen molar-refractivity contribution in [2.75, 3.05) is 20.8 Å². The van der Waals surface area contributed by atoms with Gasteiger partial charge in [0.2, 0.25) is 0 Å². The highest BCUT2D eigenvalue weighted by Crippen LogP contribution is 2.35. The number of halogens is 1. The third kappa shape index (κ3) is 7.64. The average molecular weight is 650 g/mol. The highest BCUT2D eigenvalue weighted by molar-refractivity contribution is 9.10. The predicted octanol–water partition coefficient (Wildman–Crippen LogP) is 6.22. The number of carbonyl (C=O) groups excluding carboxylic acids is 3. The standard InChI is InChI=1S/C33H33BrN2O7/c1-5-7-24-15-23(18-29(41-4)30(24)43-20-21-8-11-25(34)12-9-21)16-26-31(37)35-33(39)36(32(26)38)19-22-10-13-27(42-14-6-2)28(17-22)40-3/h5,8-13,15-18H,1,6-7,14,19-20H2,2-4H3,(H,35,37,39)/b26-16+. The van der Waals surface area contributed by atoms with Crippen LogP contribution in [-0.4, -0.2) is 43.6 Å². The van der Waals surface area contributed by atoms with Crippen molar-refractivity contribution >= 4 is 39.9 Å². The number of nitrogens with one attached hydrogen (secondary N) is 1. The van der Waals surface area contributed by atoms with Crippen LogP contribution in [0.3, 0.4) is 0 Å². The highest BCUT2D eigenvalue weighted by Gasteiger charge is 2.36. The number of urea groups is 1. The third-order valence-corrected chi connectivity index (χ3v) is 7.09. The fourth-order valence-electron chi connectivity index (χ4n) is 4.45. The van der Waals surface area contributed by atoms with Crippen molar-refractivity contribution < 1.29 is 33.3 Å². The Balaban J connectivity index is 1.61. The zero-order chi connectivity index (χ0) is 30.9. The van der Waals surface area contributed by atoms with Crippen molar-refractivity contribution in [1.29, 1.82) is 0 Å². The molecule has 0 bridgehead atoms. The molecule has 0 aliphatic carbocycles. The summed E-state index contributed by atoms with van der Waals surface area (Å²) >= 11 is 3.43. The van der Waals surface area contributed by atoms with Gasteiger partial charge in [0.15, 0.2) is 23.0 Å². The van der Waals surface area contributed by atoms with E-state index in [1.807, 2.05) is 31.2 Å². The van der Waals surface area contributed by atoms with Gasteiger partial charge in [-0.3, -0.25) is 19.8 Å². The molecule has 0 aromatic heterocycles. The first-order valence-corrected chi connectivity index (χ1v) is 14.4. The first-order chi connectivity index (χ1) is 20.8. The van der Waals surface area contributed by atoms with E-state index >= 15 is 0 Å². The lowest BCUT2D eigenvalue weighted by Crippen LogP contribution is -2.53. The third-order valence-electron chi connectivity index (χ3n) is 6.56. The minimum atomic E-state index is -0.806. The number of benzene rings is 3. The number of rotatable bonds is 13. The second-order valence-corrected chi connectivity index (χ2v) is 10.6. The normalized spacial score (nSPS) is 14.0. The van der Waals surface area contributed by atoms with Crippen molar-refractivity contribution in [2.45, 2.75) is 32.9 Å². The van der Waals surface area contributed by atoms with E-state index in [9.17, 15) is 14.4 Å². The van der Waals surface area contributed by atoms with Gasteiger partial charge in [-0.2, -0.15) is 0 Å². The minimum absolute atomic E-state index is 0.0758. The van der Waals surface area contributed by atoms with Crippen molar-refractivity contribution in [3.05, 3.63) is 99.6 Å². The molecule has 4 amide bonds. The Hall–Kier alpha value is -4.57. The lowest BCUT2D eigenvalue weighted by Gasteiger charge is -2.26. The monoisotopic (exact) mass is 648 g/mol. The first-order valence-electron chi connectivity index (χ1n) is 13.7. The van der Waals surface area contributed by atoms with Gasteiger partial charge >= 0.3 is 6.03 Å². The zero-order valence-corrected chi connectivity index (χ0v) is 25.9. The van der Waals surface area contributed by atoms with Crippen molar-refractivity contribution in [3.63, 3.8) is 0 Å². The topological polar surface area (TPSA) is 103 Å². The molecule has 1 aliphatic rings. The number of ether oxygens (including phenoxy) is 4. The molecule has 1 saturated heterocycles. The number of hydrogen-bond acceptors (Lipinski definition) is 7. The van der Waals surface area contributed by atoms with Gasteiger partial charge in [-0.25, -0.2) is 4.79 Å². The number of barbiturate groups is 1. The summed E-state index contributed by atoms with van der Waals surface area (Å²) in [5, 5.41) is 2.27. The molecule has 1 N–H and O–H groups in total. The molecule has 0 saturated carbocycles. The summed E-state index contributed by atoms with van der Waals surface area (Å²) in [4.78, 5) is 40.0. The van der Waals surface area contributed by atoms with Crippen LogP contribution >= 0.6 is 15.9 Å². The van der Waals surface area contributed by atoms with E-state index in [4.69, 9.17) is 18.9 Å². The van der Waals surface area contributed by atoms with E-state index in [-0.39, 0.29) is 12.1 Å². The van der Waals surface area contributed by atoms with Crippen molar-refractivity contribution in [3.8, 4) is 23.0 Å². The number of nitrogens with zero attached hydrogens (tertiary/aromatic N) is 1. The summed E-state index contributed by atoms with van der Waals surface area (Å²) in [5.74, 6) is 0.492. The Morgan fingerprint density at radius 3 is 2.30 bits per heavy atom. The van der Waals surface area contributed by atoms with Crippen molar-refractivity contribution in [1.82, 2.24) is 10.2 Å². The Labute approximate surface area is 259 Å². The molecule has 1 fully saturated rings. The van der Waals surface area contributed by atoms with Crippen LogP contribution in [0.5, 0.6) is 23.0 Å². The Morgan fingerprint density at radius 2 is 1.63 bits per heavy atom. The molecule has 3 aromatic rings. The molecule has 224 valence electrons. The maximum Gasteiger partial charge on any atom is 0.331 e. The molecule has 4 rings (SSSR count). The molecule has 0 unspecified atom stereocenters. The van der Waals surface area contributed by atoms with E-state index in [0.717, 1.165) is 26.9 Å². The minimum Gasteiger partial charge on any atom is -0.493 e. The largest absolute Gasteiger partial charge is 0.493 e. The maximum absolute atomic E-state index is 13.5. The van der Waals surface area contributed by atoms with Crippen LogP contribution in [-0.2, 0) is 29.2 Å². The smallest absolute Gasteiger partial charge is 0.331 e. The molecule has 9 nitrogen and oxygen atoms in total. The van der Waals surface area contributed by atoms with Gasteiger partial charge in [0.1, 0.15) is 12.2 Å². The van der Waals surface area contributed by atoms with E-state index in [2.05, 4.69) is 27.8 Å². The molecule has 43 heavy (non-hydrogen) atoms. The second kappa shape index (κ2) is 14.6. The van der Waals surface area contributed by atoms with Gasteiger partial charge in [0.25, 0.3) is 11.8 Å². The van der Waals surface area contributed by atoms with E-state index in [1.165, 1.54) is 20.3 Å². The molecule has 0 atom stereocenters. The summed E-state index contributed by atoms with van der Waals surface area (Å²) < 4.78 is 23.9. The Kier molecular flexibility index (Phi) is 10.6. The molecular weight excluding hydrogens is 616 g/mol. The molecule has 0 radical (unpaired) electrons. The molecule has 1 aliphatic heterocycles. The van der Waals surface area contributed by atoms with Crippen LogP contribution in [0.2, 0.25) is 0 Å². The number of methoxy groups -OCH3 is 2.